The van der Waals surface area contributed by atoms with Gasteiger partial charge < -0.3 is 14.6 Å². The predicted molar refractivity (Wildman–Crippen MR) is 133 cm³/mol. The third kappa shape index (κ3) is 3.79. The van der Waals surface area contributed by atoms with E-state index in [9.17, 15) is 21.6 Å². The third-order valence-electron chi connectivity index (χ3n) is 6.44. The molecule has 3 aliphatic rings. The Hall–Kier alpha value is -3.31. The number of benzene rings is 1. The standard InChI is InChI=1S/C24H25N3O6S2/c1-26-11-9-17-16(14-34(3,29)30)12-15-13-27(35(31,32)20-7-5-4-6-19(20)33-2)18-8-10-25-23(21(15)18)22(17)24(26)28/h4-7,9,11-13,18,25H,8,10,14H2,1-3H3. The van der Waals surface area contributed by atoms with Crippen LogP contribution in [0.2, 0.25) is 0 Å². The van der Waals surface area contributed by atoms with E-state index in [-0.39, 0.29) is 22.0 Å². The van der Waals surface area contributed by atoms with E-state index in [2.05, 4.69) is 5.32 Å². The van der Waals surface area contributed by atoms with Crippen LogP contribution in [-0.2, 0) is 26.9 Å². The minimum atomic E-state index is -4.01. The molecular weight excluding hydrogens is 490 g/mol. The molecule has 9 nitrogen and oxygen atoms in total. The van der Waals surface area contributed by atoms with Crippen LogP contribution >= 0.6 is 0 Å². The summed E-state index contributed by atoms with van der Waals surface area (Å²) in [6, 6.07) is 7.59. The molecule has 1 N–H and O–H groups in total. The second-order valence-electron chi connectivity index (χ2n) is 8.85. The van der Waals surface area contributed by atoms with Crippen LogP contribution in [-0.4, -0.2) is 57.4 Å². The Balaban J connectivity index is 1.77. The third-order valence-corrected chi connectivity index (χ3v) is 9.09. The molecule has 1 atom stereocenters. The summed E-state index contributed by atoms with van der Waals surface area (Å²) in [5.41, 5.74) is 2.81. The largest absolute Gasteiger partial charge is 0.495 e. The van der Waals surface area contributed by atoms with Crippen LogP contribution in [0.5, 0.6) is 5.75 Å². The molecule has 184 valence electrons. The zero-order valence-electron chi connectivity index (χ0n) is 19.5. The molecule has 0 saturated heterocycles. The van der Waals surface area contributed by atoms with Crippen molar-refractivity contribution in [1.82, 2.24) is 14.2 Å². The molecule has 1 aromatic carbocycles. The zero-order valence-corrected chi connectivity index (χ0v) is 21.1. The molecule has 1 aromatic heterocycles. The molecule has 3 heterocycles. The lowest BCUT2D eigenvalue weighted by molar-refractivity contribution is 0.393. The van der Waals surface area contributed by atoms with Crippen LogP contribution in [0.1, 0.15) is 17.5 Å². The number of aryl methyl sites for hydroxylation is 1. The number of sulfone groups is 1. The number of pyridine rings is 1. The van der Waals surface area contributed by atoms with Crippen molar-refractivity contribution in [3.05, 3.63) is 81.4 Å². The minimum Gasteiger partial charge on any atom is -0.495 e. The number of para-hydroxylation sites is 1. The maximum absolute atomic E-state index is 13.8. The number of allylic oxidation sites excluding steroid dienone is 1. The summed E-state index contributed by atoms with van der Waals surface area (Å²) in [5.74, 6) is -0.0525. The Labute approximate surface area is 204 Å². The first-order valence-corrected chi connectivity index (χ1v) is 14.5. The average Bonchev–Trinajstić information content (AvgIpc) is 3.12. The summed E-state index contributed by atoms with van der Waals surface area (Å²) >= 11 is 0. The lowest BCUT2D eigenvalue weighted by Gasteiger charge is -2.32. The molecule has 5 rings (SSSR count). The second-order valence-corrected chi connectivity index (χ2v) is 12.8. The number of aromatic nitrogens is 1. The highest BCUT2D eigenvalue weighted by molar-refractivity contribution is 7.91. The molecule has 0 amide bonds. The number of ether oxygens (including phenoxy) is 1. The van der Waals surface area contributed by atoms with Gasteiger partial charge in [-0.15, -0.1) is 0 Å². The molecule has 0 spiro atoms. The first-order valence-electron chi connectivity index (χ1n) is 11.0. The van der Waals surface area contributed by atoms with E-state index in [1.165, 1.54) is 28.2 Å². The summed E-state index contributed by atoms with van der Waals surface area (Å²) < 4.78 is 60.2. The second kappa shape index (κ2) is 8.13. The molecule has 0 bridgehead atoms. The minimum absolute atomic E-state index is 0.0353. The van der Waals surface area contributed by atoms with Gasteiger partial charge in [-0.3, -0.25) is 9.10 Å². The van der Waals surface area contributed by atoms with Gasteiger partial charge in [-0.05, 0) is 47.4 Å². The molecule has 35 heavy (non-hydrogen) atoms. The normalized spacial score (nSPS) is 19.3. The average molecular weight is 516 g/mol. The Kier molecular flexibility index (Phi) is 5.44. The maximum Gasteiger partial charge on any atom is 0.268 e. The fourth-order valence-corrected chi connectivity index (χ4v) is 7.44. The van der Waals surface area contributed by atoms with Gasteiger partial charge in [-0.1, -0.05) is 12.1 Å². The Morgan fingerprint density at radius 2 is 1.89 bits per heavy atom. The lowest BCUT2D eigenvalue weighted by Crippen LogP contribution is -2.41. The zero-order chi connectivity index (χ0) is 25.1. The van der Waals surface area contributed by atoms with Crippen molar-refractivity contribution in [2.75, 3.05) is 25.7 Å². The lowest BCUT2D eigenvalue weighted by atomic mass is 9.92. The smallest absolute Gasteiger partial charge is 0.268 e. The van der Waals surface area contributed by atoms with E-state index in [0.29, 0.717) is 46.5 Å². The van der Waals surface area contributed by atoms with Crippen molar-refractivity contribution in [3.63, 3.8) is 0 Å². The molecule has 1 aliphatic carbocycles. The quantitative estimate of drug-likeness (QED) is 0.642. The summed E-state index contributed by atoms with van der Waals surface area (Å²) in [5, 5.41) is 3.30. The maximum atomic E-state index is 13.8. The van der Waals surface area contributed by atoms with Crippen LogP contribution in [0.25, 0.3) is 11.3 Å². The van der Waals surface area contributed by atoms with Crippen LogP contribution in [0.15, 0.2) is 69.6 Å². The summed E-state index contributed by atoms with van der Waals surface area (Å²) in [6.07, 6.45) is 6.45. The van der Waals surface area contributed by atoms with Gasteiger partial charge >= 0.3 is 0 Å². The van der Waals surface area contributed by atoms with E-state index in [1.54, 1.807) is 43.6 Å². The van der Waals surface area contributed by atoms with Crippen molar-refractivity contribution >= 4 is 31.1 Å². The molecule has 0 fully saturated rings. The van der Waals surface area contributed by atoms with Crippen LogP contribution in [0.3, 0.4) is 0 Å². The van der Waals surface area contributed by atoms with Crippen molar-refractivity contribution in [1.29, 1.82) is 0 Å². The highest BCUT2D eigenvalue weighted by Gasteiger charge is 2.43. The summed E-state index contributed by atoms with van der Waals surface area (Å²) in [6.45, 7) is 0.446. The van der Waals surface area contributed by atoms with E-state index in [1.807, 2.05) is 0 Å². The van der Waals surface area contributed by atoms with Crippen LogP contribution in [0, 0.1) is 0 Å². The number of nitrogens with one attached hydrogen (secondary N) is 1. The molecule has 0 saturated carbocycles. The van der Waals surface area contributed by atoms with Gasteiger partial charge in [0.1, 0.15) is 10.6 Å². The van der Waals surface area contributed by atoms with Gasteiger partial charge in [0.2, 0.25) is 0 Å². The molecule has 0 radical (unpaired) electrons. The SMILES string of the molecule is COc1ccccc1S(=O)(=O)N1C=C2C=C(CS(C)(=O)=O)c3ccn(C)c(=O)c3C3=C2C1CCN3. The molecule has 11 heteroatoms. The van der Waals surface area contributed by atoms with Gasteiger partial charge in [0.25, 0.3) is 15.6 Å². The van der Waals surface area contributed by atoms with E-state index >= 15 is 0 Å². The number of methoxy groups -OCH3 is 1. The predicted octanol–water partition coefficient (Wildman–Crippen LogP) is 1.50. The number of sulfonamides is 1. The Morgan fingerprint density at radius 3 is 2.60 bits per heavy atom. The number of nitrogens with zero attached hydrogens (tertiary/aromatic N) is 2. The molecule has 1 unspecified atom stereocenters. The van der Waals surface area contributed by atoms with E-state index < -0.39 is 25.9 Å². The highest BCUT2D eigenvalue weighted by atomic mass is 32.2. The van der Waals surface area contributed by atoms with Crippen LogP contribution < -0.4 is 15.6 Å². The monoisotopic (exact) mass is 515 g/mol. The van der Waals surface area contributed by atoms with Gasteiger partial charge in [0.15, 0.2) is 9.84 Å². The molecule has 2 aromatic rings. The van der Waals surface area contributed by atoms with Crippen molar-refractivity contribution in [2.24, 2.45) is 7.05 Å². The van der Waals surface area contributed by atoms with Crippen molar-refractivity contribution < 1.29 is 21.6 Å². The highest BCUT2D eigenvalue weighted by Crippen LogP contribution is 2.45. The van der Waals surface area contributed by atoms with E-state index in [4.69, 9.17) is 4.74 Å². The summed E-state index contributed by atoms with van der Waals surface area (Å²) in [7, 11) is -4.41. The van der Waals surface area contributed by atoms with Crippen molar-refractivity contribution in [2.45, 2.75) is 17.4 Å². The molecule has 2 aliphatic heterocycles. The number of hydrogen-bond acceptors (Lipinski definition) is 7. The summed E-state index contributed by atoms with van der Waals surface area (Å²) in [4.78, 5) is 13.3. The number of fused-ring (bicyclic) bond motifs is 2. The van der Waals surface area contributed by atoms with Crippen molar-refractivity contribution in [3.8, 4) is 5.75 Å². The Bertz CT molecular complexity index is 1610. The van der Waals surface area contributed by atoms with E-state index in [0.717, 1.165) is 6.26 Å². The van der Waals surface area contributed by atoms with Gasteiger partial charge in [-0.2, -0.15) is 0 Å². The van der Waals surface area contributed by atoms with Crippen LogP contribution in [0.4, 0.5) is 0 Å². The first-order chi connectivity index (χ1) is 16.5. The van der Waals surface area contributed by atoms with Gasteiger partial charge in [0.05, 0.1) is 30.2 Å². The number of hydrogen-bond donors (Lipinski definition) is 1. The fourth-order valence-electron chi connectivity index (χ4n) is 4.95. The first kappa shape index (κ1) is 23.4. The van der Waals surface area contributed by atoms with Gasteiger partial charge in [-0.25, -0.2) is 16.8 Å². The topological polar surface area (TPSA) is 115 Å². The number of rotatable bonds is 5. The molecular formula is C24H25N3O6S2. The fraction of sp³-hybridized carbons (Fsp3) is 0.292. The van der Waals surface area contributed by atoms with Gasteiger partial charge in [0, 0.05) is 37.8 Å². The Morgan fingerprint density at radius 1 is 1.14 bits per heavy atom.